The van der Waals surface area contributed by atoms with E-state index in [-0.39, 0.29) is 31.0 Å². The first-order valence-corrected chi connectivity index (χ1v) is 8.61. The van der Waals surface area contributed by atoms with Crippen LogP contribution in [0.5, 0.6) is 5.75 Å². The zero-order chi connectivity index (χ0) is 20.0. The number of methoxy groups -OCH3 is 1. The SMILES string of the molecule is CCOC(=O)/C(C#N)=C1/c2cc(OC)ccc2N(C(=O)OCC)C1OCC. The number of carbonyl (C=O) groups excluding carboxylic acids is 2. The highest BCUT2D eigenvalue weighted by Gasteiger charge is 2.43. The number of benzene rings is 1. The topological polar surface area (TPSA) is 98.1 Å². The Bertz CT molecular complexity index is 796. The van der Waals surface area contributed by atoms with Gasteiger partial charge in [-0.1, -0.05) is 0 Å². The van der Waals surface area contributed by atoms with E-state index in [0.717, 1.165) is 0 Å². The van der Waals surface area contributed by atoms with Crippen molar-refractivity contribution in [3.63, 3.8) is 0 Å². The third kappa shape index (κ3) is 3.88. The maximum atomic E-state index is 12.6. The second-order valence-electron chi connectivity index (χ2n) is 5.38. The maximum Gasteiger partial charge on any atom is 0.416 e. The number of fused-ring (bicyclic) bond motifs is 1. The molecular weight excluding hydrogens is 352 g/mol. The molecule has 0 saturated heterocycles. The van der Waals surface area contributed by atoms with E-state index in [0.29, 0.717) is 17.0 Å². The van der Waals surface area contributed by atoms with Gasteiger partial charge in [-0.3, -0.25) is 0 Å². The monoisotopic (exact) mass is 374 g/mol. The summed E-state index contributed by atoms with van der Waals surface area (Å²) in [5.74, 6) is -0.271. The molecule has 2 rings (SSSR count). The average Bonchev–Trinajstić information content (AvgIpc) is 2.96. The standard InChI is InChI=1S/C19H22N2O6/c1-5-25-17-16(14(11-20)18(22)26-6-2)13-10-12(24-4)8-9-15(13)21(17)19(23)27-7-3/h8-10,17H,5-7H2,1-4H3/b16-14-. The molecule has 0 N–H and O–H groups in total. The Morgan fingerprint density at radius 2 is 1.85 bits per heavy atom. The van der Waals surface area contributed by atoms with E-state index < -0.39 is 18.3 Å². The predicted octanol–water partition coefficient (Wildman–Crippen LogP) is 2.87. The van der Waals surface area contributed by atoms with Gasteiger partial charge >= 0.3 is 12.1 Å². The van der Waals surface area contributed by atoms with E-state index in [2.05, 4.69) is 0 Å². The molecule has 1 heterocycles. The minimum absolute atomic E-state index is 0.114. The van der Waals surface area contributed by atoms with Gasteiger partial charge < -0.3 is 18.9 Å². The Morgan fingerprint density at radius 1 is 1.15 bits per heavy atom. The predicted molar refractivity (Wildman–Crippen MR) is 97.1 cm³/mol. The van der Waals surface area contributed by atoms with Gasteiger partial charge in [0.2, 0.25) is 0 Å². The smallest absolute Gasteiger partial charge is 0.416 e. The summed E-state index contributed by atoms with van der Waals surface area (Å²) in [5.41, 5.74) is 0.960. The Morgan fingerprint density at radius 3 is 2.41 bits per heavy atom. The second-order valence-corrected chi connectivity index (χ2v) is 5.38. The molecule has 1 aliphatic rings. The number of anilines is 1. The van der Waals surface area contributed by atoms with Gasteiger partial charge in [0.05, 0.1) is 26.0 Å². The van der Waals surface area contributed by atoms with Crippen LogP contribution in [0.1, 0.15) is 26.3 Å². The van der Waals surface area contributed by atoms with E-state index in [4.69, 9.17) is 18.9 Å². The molecule has 1 amide bonds. The average molecular weight is 374 g/mol. The molecule has 27 heavy (non-hydrogen) atoms. The molecule has 0 saturated carbocycles. The Balaban J connectivity index is 2.75. The van der Waals surface area contributed by atoms with Gasteiger partial charge in [-0.25, -0.2) is 14.5 Å². The van der Waals surface area contributed by atoms with E-state index >= 15 is 0 Å². The molecule has 144 valence electrons. The third-order valence-electron chi connectivity index (χ3n) is 3.88. The van der Waals surface area contributed by atoms with E-state index in [1.807, 2.05) is 6.07 Å². The van der Waals surface area contributed by atoms with Crippen LogP contribution < -0.4 is 9.64 Å². The van der Waals surface area contributed by atoms with Gasteiger partial charge in [0.15, 0.2) is 6.23 Å². The number of nitrogens with zero attached hydrogens (tertiary/aromatic N) is 2. The van der Waals surface area contributed by atoms with Crippen LogP contribution in [0.4, 0.5) is 10.5 Å². The van der Waals surface area contributed by atoms with Crippen molar-refractivity contribution in [1.82, 2.24) is 0 Å². The molecule has 0 aliphatic carbocycles. The fourth-order valence-corrected chi connectivity index (χ4v) is 2.84. The second kappa shape index (κ2) is 9.05. The maximum absolute atomic E-state index is 12.6. The molecule has 8 nitrogen and oxygen atoms in total. The summed E-state index contributed by atoms with van der Waals surface area (Å²) in [7, 11) is 1.50. The van der Waals surface area contributed by atoms with Crippen molar-refractivity contribution < 1.29 is 28.5 Å². The lowest BCUT2D eigenvalue weighted by Gasteiger charge is -2.25. The van der Waals surface area contributed by atoms with Crippen molar-refractivity contribution >= 4 is 23.3 Å². The van der Waals surface area contributed by atoms with Gasteiger partial charge in [-0.05, 0) is 39.0 Å². The molecular formula is C19H22N2O6. The van der Waals surface area contributed by atoms with Gasteiger partial charge in [-0.2, -0.15) is 5.26 Å². The van der Waals surface area contributed by atoms with E-state index in [1.54, 1.807) is 39.0 Å². The highest BCUT2D eigenvalue weighted by molar-refractivity contribution is 6.10. The number of nitriles is 1. The minimum Gasteiger partial charge on any atom is -0.497 e. The van der Waals surface area contributed by atoms with Crippen LogP contribution in [0.25, 0.3) is 5.57 Å². The van der Waals surface area contributed by atoms with Crippen molar-refractivity contribution in [1.29, 1.82) is 5.26 Å². The van der Waals surface area contributed by atoms with Crippen LogP contribution in [-0.2, 0) is 19.0 Å². The molecule has 1 aromatic carbocycles. The van der Waals surface area contributed by atoms with Gasteiger partial charge in [0.25, 0.3) is 0 Å². The molecule has 8 heteroatoms. The van der Waals surface area contributed by atoms with Crippen molar-refractivity contribution in [3.8, 4) is 11.8 Å². The van der Waals surface area contributed by atoms with E-state index in [9.17, 15) is 14.9 Å². The van der Waals surface area contributed by atoms with Crippen LogP contribution >= 0.6 is 0 Å². The molecule has 0 fully saturated rings. The quantitative estimate of drug-likeness (QED) is 0.429. The lowest BCUT2D eigenvalue weighted by molar-refractivity contribution is -0.138. The lowest BCUT2D eigenvalue weighted by atomic mass is 10.0. The van der Waals surface area contributed by atoms with Crippen LogP contribution in [0.2, 0.25) is 0 Å². The van der Waals surface area contributed by atoms with Crippen molar-refractivity contribution in [2.24, 2.45) is 0 Å². The number of hydrogen-bond acceptors (Lipinski definition) is 7. The fourth-order valence-electron chi connectivity index (χ4n) is 2.84. The number of ether oxygens (including phenoxy) is 4. The molecule has 1 aromatic rings. The van der Waals surface area contributed by atoms with Crippen LogP contribution in [0, 0.1) is 11.3 Å². The lowest BCUT2D eigenvalue weighted by Crippen LogP contribution is -2.40. The minimum atomic E-state index is -0.991. The summed E-state index contributed by atoms with van der Waals surface area (Å²) >= 11 is 0. The summed E-state index contributed by atoms with van der Waals surface area (Å²) < 4.78 is 21.1. The van der Waals surface area contributed by atoms with Crippen molar-refractivity contribution in [3.05, 3.63) is 29.3 Å². The van der Waals surface area contributed by atoms with Gasteiger partial charge in [0.1, 0.15) is 17.4 Å². The van der Waals surface area contributed by atoms with Gasteiger partial charge in [-0.15, -0.1) is 0 Å². The molecule has 0 spiro atoms. The Hall–Kier alpha value is -3.05. The zero-order valence-electron chi connectivity index (χ0n) is 15.8. The normalized spacial score (nSPS) is 17.0. The summed E-state index contributed by atoms with van der Waals surface area (Å²) in [4.78, 5) is 26.2. The van der Waals surface area contributed by atoms with Crippen molar-refractivity contribution in [2.75, 3.05) is 31.8 Å². The molecule has 1 atom stereocenters. The molecule has 0 bridgehead atoms. The largest absolute Gasteiger partial charge is 0.497 e. The summed E-state index contributed by atoms with van der Waals surface area (Å²) in [6.07, 6.45) is -1.63. The summed E-state index contributed by atoms with van der Waals surface area (Å²) in [6.45, 7) is 5.62. The first kappa shape index (κ1) is 20.3. The van der Waals surface area contributed by atoms with Crippen LogP contribution in [0.3, 0.4) is 0 Å². The number of rotatable bonds is 6. The fraction of sp³-hybridized carbons (Fsp3) is 0.421. The van der Waals surface area contributed by atoms with Gasteiger partial charge in [0, 0.05) is 17.7 Å². The molecule has 1 aliphatic heterocycles. The Labute approximate surface area is 157 Å². The molecule has 0 radical (unpaired) electrons. The number of esters is 1. The number of hydrogen-bond donors (Lipinski definition) is 0. The Kier molecular flexibility index (Phi) is 6.79. The van der Waals surface area contributed by atoms with Crippen LogP contribution in [-0.4, -0.2) is 45.2 Å². The van der Waals surface area contributed by atoms with Crippen molar-refractivity contribution in [2.45, 2.75) is 27.0 Å². The molecule has 0 aromatic heterocycles. The van der Waals surface area contributed by atoms with E-state index in [1.165, 1.54) is 12.0 Å². The van der Waals surface area contributed by atoms with Crippen LogP contribution in [0.15, 0.2) is 23.8 Å². The summed E-state index contributed by atoms with van der Waals surface area (Å²) in [6, 6.07) is 6.87. The summed E-state index contributed by atoms with van der Waals surface area (Å²) in [5, 5.41) is 9.62. The highest BCUT2D eigenvalue weighted by atomic mass is 16.6. The highest BCUT2D eigenvalue weighted by Crippen LogP contribution is 2.44. The number of carbonyl (C=O) groups is 2. The first-order chi connectivity index (χ1) is 13.0. The number of amides is 1. The third-order valence-corrected chi connectivity index (χ3v) is 3.88. The first-order valence-electron chi connectivity index (χ1n) is 8.61. The zero-order valence-corrected chi connectivity index (χ0v) is 15.8. The molecule has 1 unspecified atom stereocenters.